The second-order valence-electron chi connectivity index (χ2n) is 8.04. The van der Waals surface area contributed by atoms with E-state index in [1.54, 1.807) is 30.5 Å². The number of para-hydroxylation sites is 1. The number of hydrogen-bond donors (Lipinski definition) is 1. The highest BCUT2D eigenvalue weighted by Gasteiger charge is 2.28. The van der Waals surface area contributed by atoms with Gasteiger partial charge < -0.3 is 14.8 Å². The molecule has 34 heavy (non-hydrogen) atoms. The van der Waals surface area contributed by atoms with Crippen LogP contribution < -0.4 is 15.6 Å². The van der Waals surface area contributed by atoms with Crippen molar-refractivity contribution < 1.29 is 19.1 Å². The molecule has 2 aromatic carbocycles. The van der Waals surface area contributed by atoms with Crippen LogP contribution >= 0.6 is 0 Å². The summed E-state index contributed by atoms with van der Waals surface area (Å²) in [6.07, 6.45) is 1.50. The number of carbonyl (C=O) groups is 2. The zero-order chi connectivity index (χ0) is 23.7. The molecule has 0 bridgehead atoms. The number of aryl methyl sites for hydroxylation is 1. The summed E-state index contributed by atoms with van der Waals surface area (Å²) >= 11 is 0. The molecule has 8 heteroatoms. The van der Waals surface area contributed by atoms with Gasteiger partial charge in [0, 0.05) is 24.4 Å². The molecular weight excluding hydrogens is 434 g/mol. The van der Waals surface area contributed by atoms with Gasteiger partial charge in [0.1, 0.15) is 18.0 Å². The lowest BCUT2D eigenvalue weighted by molar-refractivity contribution is -0.122. The first-order valence-electron chi connectivity index (χ1n) is 10.8. The Hall–Kier alpha value is -4.46. The number of aromatic nitrogens is 2. The highest BCUT2D eigenvalue weighted by molar-refractivity contribution is 5.97. The maximum Gasteiger partial charge on any atom is 0.338 e. The van der Waals surface area contributed by atoms with Gasteiger partial charge in [-0.3, -0.25) is 14.0 Å². The number of fused-ring (bicyclic) bond motifs is 2. The number of anilines is 1. The van der Waals surface area contributed by atoms with Gasteiger partial charge in [0.25, 0.3) is 11.5 Å². The van der Waals surface area contributed by atoms with Crippen LogP contribution in [0.5, 0.6) is 5.75 Å². The van der Waals surface area contributed by atoms with Crippen LogP contribution in [-0.4, -0.2) is 27.4 Å². The standard InChI is InChI=1S/C26H21N3O5/c1-16-6-5-11-29-23(30)14-20(27-24(16)29)15-33-26(32)18-8-4-9-19(12-18)28-25(31)22-13-17-7-2-3-10-21(17)34-22/h2-12,14,22H,13,15H2,1H3,(H,28,31). The molecule has 0 saturated carbocycles. The highest BCUT2D eigenvalue weighted by Crippen LogP contribution is 2.28. The Balaban J connectivity index is 1.24. The fourth-order valence-corrected chi connectivity index (χ4v) is 3.88. The van der Waals surface area contributed by atoms with Crippen LogP contribution in [0.3, 0.4) is 0 Å². The van der Waals surface area contributed by atoms with E-state index in [4.69, 9.17) is 9.47 Å². The fourth-order valence-electron chi connectivity index (χ4n) is 3.88. The van der Waals surface area contributed by atoms with Crippen molar-refractivity contribution in [3.05, 3.63) is 106 Å². The van der Waals surface area contributed by atoms with Gasteiger partial charge in [-0.05, 0) is 48.4 Å². The summed E-state index contributed by atoms with van der Waals surface area (Å²) in [5, 5.41) is 2.79. The van der Waals surface area contributed by atoms with Crippen molar-refractivity contribution >= 4 is 23.2 Å². The molecule has 1 amide bonds. The molecule has 0 fully saturated rings. The topological polar surface area (TPSA) is 99.0 Å². The van der Waals surface area contributed by atoms with Crippen molar-refractivity contribution in [3.8, 4) is 5.75 Å². The quantitative estimate of drug-likeness (QED) is 0.464. The first-order chi connectivity index (χ1) is 16.5. The Morgan fingerprint density at radius 2 is 1.97 bits per heavy atom. The van der Waals surface area contributed by atoms with Gasteiger partial charge in [-0.2, -0.15) is 0 Å². The van der Waals surface area contributed by atoms with Gasteiger partial charge in [-0.25, -0.2) is 9.78 Å². The molecular formula is C26H21N3O5. The van der Waals surface area contributed by atoms with Gasteiger partial charge in [0.15, 0.2) is 6.10 Å². The molecule has 5 rings (SSSR count). The van der Waals surface area contributed by atoms with E-state index in [0.717, 1.165) is 11.1 Å². The molecule has 4 aromatic rings. The van der Waals surface area contributed by atoms with Crippen LogP contribution in [0.2, 0.25) is 0 Å². The van der Waals surface area contributed by atoms with Crippen LogP contribution in [0.15, 0.2) is 77.7 Å². The molecule has 8 nitrogen and oxygen atoms in total. The normalized spacial score (nSPS) is 14.3. The molecule has 0 radical (unpaired) electrons. The van der Waals surface area contributed by atoms with Crippen LogP contribution in [0.4, 0.5) is 5.69 Å². The number of nitrogens with zero attached hydrogens (tertiary/aromatic N) is 2. The predicted molar refractivity (Wildman–Crippen MR) is 125 cm³/mol. The molecule has 2 aromatic heterocycles. The molecule has 1 N–H and O–H groups in total. The molecule has 1 aliphatic heterocycles. The maximum absolute atomic E-state index is 12.6. The zero-order valence-corrected chi connectivity index (χ0v) is 18.4. The molecule has 1 aliphatic rings. The smallest absolute Gasteiger partial charge is 0.338 e. The van der Waals surface area contributed by atoms with E-state index in [-0.39, 0.29) is 23.6 Å². The summed E-state index contributed by atoms with van der Waals surface area (Å²) in [6, 6.07) is 19.0. The summed E-state index contributed by atoms with van der Waals surface area (Å²) in [5.41, 5.74) is 3.17. The molecule has 0 aliphatic carbocycles. The third-order valence-corrected chi connectivity index (χ3v) is 5.60. The number of ether oxygens (including phenoxy) is 2. The number of nitrogens with one attached hydrogen (secondary N) is 1. The van der Waals surface area contributed by atoms with Gasteiger partial charge in [-0.1, -0.05) is 30.3 Å². The molecule has 0 spiro atoms. The summed E-state index contributed by atoms with van der Waals surface area (Å²) in [6.45, 7) is 1.70. The van der Waals surface area contributed by atoms with Gasteiger partial charge in [-0.15, -0.1) is 0 Å². The lowest BCUT2D eigenvalue weighted by Gasteiger charge is -2.12. The maximum atomic E-state index is 12.6. The summed E-state index contributed by atoms with van der Waals surface area (Å²) in [4.78, 5) is 42.0. The summed E-state index contributed by atoms with van der Waals surface area (Å²) in [5.74, 6) is -0.178. The minimum absolute atomic E-state index is 0.149. The Kier molecular flexibility index (Phi) is 5.55. The minimum atomic E-state index is -0.630. The second-order valence-corrected chi connectivity index (χ2v) is 8.04. The molecule has 1 atom stereocenters. The molecule has 170 valence electrons. The third kappa shape index (κ3) is 4.25. The van der Waals surface area contributed by atoms with Crippen LogP contribution in [0.25, 0.3) is 5.65 Å². The predicted octanol–water partition coefficient (Wildman–Crippen LogP) is 3.30. The van der Waals surface area contributed by atoms with E-state index in [1.807, 2.05) is 37.3 Å². The van der Waals surface area contributed by atoms with E-state index in [2.05, 4.69) is 10.3 Å². The second kappa shape index (κ2) is 8.82. The Bertz CT molecular complexity index is 1450. The molecule has 1 unspecified atom stereocenters. The van der Waals surface area contributed by atoms with Crippen molar-refractivity contribution in [2.45, 2.75) is 26.1 Å². The Labute approximate surface area is 194 Å². The van der Waals surface area contributed by atoms with Gasteiger partial charge >= 0.3 is 5.97 Å². The van der Waals surface area contributed by atoms with E-state index in [0.29, 0.717) is 29.2 Å². The molecule has 0 saturated heterocycles. The number of pyridine rings is 1. The monoisotopic (exact) mass is 455 g/mol. The van der Waals surface area contributed by atoms with Crippen LogP contribution in [-0.2, 0) is 22.6 Å². The lowest BCUT2D eigenvalue weighted by atomic mass is 10.1. The number of esters is 1. The van der Waals surface area contributed by atoms with Gasteiger partial charge in [0.2, 0.25) is 0 Å². The van der Waals surface area contributed by atoms with Crippen molar-refractivity contribution in [2.75, 3.05) is 5.32 Å². The largest absolute Gasteiger partial charge is 0.480 e. The van der Waals surface area contributed by atoms with Crippen molar-refractivity contribution in [1.82, 2.24) is 9.38 Å². The third-order valence-electron chi connectivity index (χ3n) is 5.60. The van der Waals surface area contributed by atoms with E-state index >= 15 is 0 Å². The first kappa shape index (κ1) is 21.4. The minimum Gasteiger partial charge on any atom is -0.480 e. The zero-order valence-electron chi connectivity index (χ0n) is 18.4. The number of benzene rings is 2. The SMILES string of the molecule is Cc1cccn2c(=O)cc(COC(=O)c3cccc(NC(=O)C4Cc5ccccc5O4)c3)nc12. The molecule has 3 heterocycles. The number of carbonyl (C=O) groups excluding carboxylic acids is 2. The van der Waals surface area contributed by atoms with Crippen LogP contribution in [0, 0.1) is 6.92 Å². The average molecular weight is 455 g/mol. The first-order valence-corrected chi connectivity index (χ1v) is 10.8. The number of hydrogen-bond acceptors (Lipinski definition) is 6. The number of rotatable bonds is 5. The summed E-state index contributed by atoms with van der Waals surface area (Å²) < 4.78 is 12.5. The van der Waals surface area contributed by atoms with E-state index in [1.165, 1.54) is 16.5 Å². The van der Waals surface area contributed by atoms with Crippen molar-refractivity contribution in [3.63, 3.8) is 0 Å². The fraction of sp³-hybridized carbons (Fsp3) is 0.154. The van der Waals surface area contributed by atoms with E-state index in [9.17, 15) is 14.4 Å². The van der Waals surface area contributed by atoms with Crippen LogP contribution in [0.1, 0.15) is 27.2 Å². The Morgan fingerprint density at radius 3 is 2.82 bits per heavy atom. The lowest BCUT2D eigenvalue weighted by Crippen LogP contribution is -2.31. The summed E-state index contributed by atoms with van der Waals surface area (Å²) in [7, 11) is 0. The van der Waals surface area contributed by atoms with Gasteiger partial charge in [0.05, 0.1) is 11.3 Å². The van der Waals surface area contributed by atoms with Crippen molar-refractivity contribution in [1.29, 1.82) is 0 Å². The average Bonchev–Trinajstić information content (AvgIpc) is 3.28. The Morgan fingerprint density at radius 1 is 1.12 bits per heavy atom. The highest BCUT2D eigenvalue weighted by atomic mass is 16.5. The number of amides is 1. The van der Waals surface area contributed by atoms with Crippen molar-refractivity contribution in [2.24, 2.45) is 0 Å². The van der Waals surface area contributed by atoms with E-state index < -0.39 is 12.1 Å².